The second-order valence-corrected chi connectivity index (χ2v) is 4.29. The summed E-state index contributed by atoms with van der Waals surface area (Å²) in [7, 11) is 0. The molecule has 0 amide bonds. The van der Waals surface area contributed by atoms with E-state index in [9.17, 15) is 0 Å². The highest BCUT2D eigenvalue weighted by Crippen LogP contribution is 2.27. The summed E-state index contributed by atoms with van der Waals surface area (Å²) in [5.41, 5.74) is 3.86. The average Bonchev–Trinajstić information content (AvgIpc) is 2.92. The quantitative estimate of drug-likeness (QED) is 0.718. The first-order valence-electron chi connectivity index (χ1n) is 5.98. The number of nitrogens with zero attached hydrogens (tertiary/aromatic N) is 2. The van der Waals surface area contributed by atoms with Crippen LogP contribution in [0.5, 0.6) is 5.88 Å². The third-order valence-electron chi connectivity index (χ3n) is 2.93. The number of oxazole rings is 1. The zero-order valence-electron chi connectivity index (χ0n) is 10.6. The number of aromatic nitrogens is 2. The Kier molecular flexibility index (Phi) is 2.91. The summed E-state index contributed by atoms with van der Waals surface area (Å²) < 4.78 is 11.0. The molecular formula is C15H13N2O2. The molecule has 0 saturated carbocycles. The molecule has 4 nitrogen and oxygen atoms in total. The lowest BCUT2D eigenvalue weighted by Crippen LogP contribution is -2.00. The lowest BCUT2D eigenvalue weighted by atomic mass is 10.2. The number of hydrogen-bond acceptors (Lipinski definition) is 4. The summed E-state index contributed by atoms with van der Waals surface area (Å²) in [5, 5.41) is 0. The fourth-order valence-corrected chi connectivity index (χ4v) is 1.93. The molecule has 4 heteroatoms. The van der Waals surface area contributed by atoms with Crippen molar-refractivity contribution < 1.29 is 9.15 Å². The Morgan fingerprint density at radius 3 is 2.84 bits per heavy atom. The number of fused-ring (bicyclic) bond motifs is 1. The highest BCUT2D eigenvalue weighted by Gasteiger charge is 2.13. The normalized spacial score (nSPS) is 10.8. The van der Waals surface area contributed by atoms with E-state index in [4.69, 9.17) is 9.15 Å². The molecule has 0 aliphatic heterocycles. The van der Waals surface area contributed by atoms with Gasteiger partial charge in [-0.25, -0.2) is 9.97 Å². The molecule has 0 atom stereocenters. The molecule has 0 aliphatic rings. The number of rotatable bonds is 3. The maximum atomic E-state index is 5.72. The minimum atomic E-state index is 0.454. The second-order valence-electron chi connectivity index (χ2n) is 4.29. The molecule has 2 aromatic heterocycles. The summed E-state index contributed by atoms with van der Waals surface area (Å²) in [6.45, 7) is 6.28. The van der Waals surface area contributed by atoms with Crippen LogP contribution in [0, 0.1) is 13.8 Å². The van der Waals surface area contributed by atoms with Crippen molar-refractivity contribution in [1.82, 2.24) is 9.97 Å². The molecule has 0 unspecified atom stereocenters. The van der Waals surface area contributed by atoms with Crippen LogP contribution in [0.25, 0.3) is 11.1 Å². The lowest BCUT2D eigenvalue weighted by Gasteiger charge is -2.09. The largest absolute Gasteiger partial charge is 0.472 e. The monoisotopic (exact) mass is 253 g/mol. The Bertz CT molecular complexity index is 705. The van der Waals surface area contributed by atoms with Gasteiger partial charge < -0.3 is 9.15 Å². The van der Waals surface area contributed by atoms with Crippen LogP contribution < -0.4 is 4.74 Å². The topological polar surface area (TPSA) is 48.2 Å². The third kappa shape index (κ3) is 2.17. The molecule has 0 N–H and O–H groups in total. The van der Waals surface area contributed by atoms with E-state index in [1.165, 1.54) is 6.39 Å². The van der Waals surface area contributed by atoms with Crippen LogP contribution in [-0.4, -0.2) is 9.97 Å². The summed E-state index contributed by atoms with van der Waals surface area (Å²) in [4.78, 5) is 8.49. The van der Waals surface area contributed by atoms with Gasteiger partial charge in [0.25, 0.3) is 0 Å². The van der Waals surface area contributed by atoms with Gasteiger partial charge in [0.15, 0.2) is 12.0 Å². The van der Waals surface area contributed by atoms with E-state index in [0.29, 0.717) is 23.6 Å². The fraction of sp³-hybridized carbons (Fsp3) is 0.133. The SMILES string of the molecule is [CH2]c1c(OCc2ccccc2)nc(C)c2ncoc12. The van der Waals surface area contributed by atoms with E-state index in [1.807, 2.05) is 37.3 Å². The zero-order chi connectivity index (χ0) is 13.2. The predicted molar refractivity (Wildman–Crippen MR) is 71.8 cm³/mol. The number of ether oxygens (including phenoxy) is 1. The number of hydrogen-bond donors (Lipinski definition) is 0. The van der Waals surface area contributed by atoms with Crippen LogP contribution in [-0.2, 0) is 6.61 Å². The molecule has 95 valence electrons. The first-order valence-corrected chi connectivity index (χ1v) is 5.98. The van der Waals surface area contributed by atoms with Gasteiger partial charge in [-0.05, 0) is 19.4 Å². The van der Waals surface area contributed by atoms with Crippen LogP contribution in [0.4, 0.5) is 0 Å². The number of aryl methyl sites for hydroxylation is 1. The Morgan fingerprint density at radius 2 is 2.05 bits per heavy atom. The molecular weight excluding hydrogens is 240 g/mol. The molecule has 0 aliphatic carbocycles. The van der Waals surface area contributed by atoms with Gasteiger partial charge in [-0.2, -0.15) is 0 Å². The van der Waals surface area contributed by atoms with Crippen molar-refractivity contribution in [3.8, 4) is 5.88 Å². The van der Waals surface area contributed by atoms with Crippen molar-refractivity contribution in [3.63, 3.8) is 0 Å². The average molecular weight is 253 g/mol. The number of pyridine rings is 1. The van der Waals surface area contributed by atoms with Gasteiger partial charge in [0, 0.05) is 0 Å². The first kappa shape index (κ1) is 11.7. The minimum absolute atomic E-state index is 0.454. The van der Waals surface area contributed by atoms with Crippen LogP contribution in [0.15, 0.2) is 41.1 Å². The smallest absolute Gasteiger partial charge is 0.221 e. The Labute approximate surface area is 111 Å². The molecule has 1 aromatic carbocycles. The van der Waals surface area contributed by atoms with E-state index in [0.717, 1.165) is 16.8 Å². The van der Waals surface area contributed by atoms with Crippen molar-refractivity contribution in [2.75, 3.05) is 0 Å². The summed E-state index contributed by atoms with van der Waals surface area (Å²) >= 11 is 0. The molecule has 0 bridgehead atoms. The molecule has 3 aromatic rings. The Morgan fingerprint density at radius 1 is 1.26 bits per heavy atom. The third-order valence-corrected chi connectivity index (χ3v) is 2.93. The maximum absolute atomic E-state index is 5.72. The van der Waals surface area contributed by atoms with E-state index >= 15 is 0 Å². The van der Waals surface area contributed by atoms with Gasteiger partial charge in [-0.3, -0.25) is 0 Å². The van der Waals surface area contributed by atoms with Gasteiger partial charge in [-0.1, -0.05) is 30.3 Å². The van der Waals surface area contributed by atoms with Gasteiger partial charge in [0.05, 0.1) is 11.3 Å². The van der Waals surface area contributed by atoms with Gasteiger partial charge in [-0.15, -0.1) is 0 Å². The molecule has 2 heterocycles. The molecule has 3 rings (SSSR count). The summed E-state index contributed by atoms with van der Waals surface area (Å²) in [5.74, 6) is 0.491. The van der Waals surface area contributed by atoms with Crippen molar-refractivity contribution in [2.24, 2.45) is 0 Å². The van der Waals surface area contributed by atoms with Gasteiger partial charge >= 0.3 is 0 Å². The lowest BCUT2D eigenvalue weighted by molar-refractivity contribution is 0.292. The summed E-state index contributed by atoms with van der Waals surface area (Å²) in [6, 6.07) is 9.93. The highest BCUT2D eigenvalue weighted by atomic mass is 16.5. The molecule has 1 radical (unpaired) electrons. The molecule has 0 spiro atoms. The molecule has 0 fully saturated rings. The van der Waals surface area contributed by atoms with E-state index in [-0.39, 0.29) is 0 Å². The summed E-state index contributed by atoms with van der Waals surface area (Å²) in [6.07, 6.45) is 1.40. The van der Waals surface area contributed by atoms with Crippen molar-refractivity contribution >= 4 is 11.1 Å². The second kappa shape index (κ2) is 4.72. The fourth-order valence-electron chi connectivity index (χ4n) is 1.93. The maximum Gasteiger partial charge on any atom is 0.221 e. The van der Waals surface area contributed by atoms with Crippen molar-refractivity contribution in [1.29, 1.82) is 0 Å². The first-order chi connectivity index (χ1) is 9.25. The van der Waals surface area contributed by atoms with Crippen LogP contribution in [0.3, 0.4) is 0 Å². The predicted octanol–water partition coefficient (Wildman–Crippen LogP) is 3.29. The van der Waals surface area contributed by atoms with Crippen molar-refractivity contribution in [3.05, 3.63) is 60.5 Å². The zero-order valence-corrected chi connectivity index (χ0v) is 10.6. The molecule has 0 saturated heterocycles. The van der Waals surface area contributed by atoms with Crippen molar-refractivity contribution in [2.45, 2.75) is 13.5 Å². The van der Waals surface area contributed by atoms with Gasteiger partial charge in [0.1, 0.15) is 12.1 Å². The van der Waals surface area contributed by atoms with Crippen LogP contribution in [0.2, 0.25) is 0 Å². The van der Waals surface area contributed by atoms with Crippen LogP contribution >= 0.6 is 0 Å². The van der Waals surface area contributed by atoms with Crippen LogP contribution in [0.1, 0.15) is 16.8 Å². The molecule has 19 heavy (non-hydrogen) atoms. The Balaban J connectivity index is 1.91. The number of benzene rings is 1. The van der Waals surface area contributed by atoms with E-state index in [2.05, 4.69) is 16.9 Å². The standard InChI is InChI=1S/C15H13N2O2/c1-10-14-13(16-9-19-14)11(2)17-15(10)18-8-12-6-4-3-5-7-12/h3-7,9H,1,8H2,2H3. The minimum Gasteiger partial charge on any atom is -0.472 e. The van der Waals surface area contributed by atoms with Gasteiger partial charge in [0.2, 0.25) is 5.88 Å². The van der Waals surface area contributed by atoms with E-state index in [1.54, 1.807) is 0 Å². The van der Waals surface area contributed by atoms with E-state index < -0.39 is 0 Å². The Hall–Kier alpha value is -2.36. The highest BCUT2D eigenvalue weighted by molar-refractivity contribution is 5.80.